The van der Waals surface area contributed by atoms with Gasteiger partial charge in [-0.1, -0.05) is 12.2 Å². The molecule has 0 aromatic carbocycles. The van der Waals surface area contributed by atoms with E-state index in [4.69, 9.17) is 0 Å². The fourth-order valence-corrected chi connectivity index (χ4v) is 0.421. The number of aromatic nitrogens is 2. The van der Waals surface area contributed by atoms with Crippen molar-refractivity contribution in [2.75, 3.05) is 0 Å². The highest BCUT2D eigenvalue weighted by molar-refractivity contribution is 7.78. The van der Waals surface area contributed by atoms with Crippen molar-refractivity contribution < 1.29 is 0 Å². The van der Waals surface area contributed by atoms with Gasteiger partial charge < -0.3 is 0 Å². The molecule has 0 saturated heterocycles. The van der Waals surface area contributed by atoms with Crippen molar-refractivity contribution in [2.45, 2.75) is 0 Å². The number of nitrogens with zero attached hydrogens (tertiary/aromatic N) is 2. The fourth-order valence-electron chi connectivity index (χ4n) is 0.313. The Hall–Kier alpha value is -0.700. The molecule has 1 aromatic heterocycles. The van der Waals surface area contributed by atoms with Gasteiger partial charge in [-0.25, -0.2) is 4.98 Å². The SMILES string of the molecule is S=[C]n1ccnc1. The second-order valence-electron chi connectivity index (χ2n) is 1.06. The van der Waals surface area contributed by atoms with Gasteiger partial charge in [0.1, 0.15) is 5.49 Å². The molecule has 0 spiro atoms. The summed E-state index contributed by atoms with van der Waals surface area (Å²) in [5, 5.41) is 0. The average Bonchev–Trinajstić information content (AvgIpc) is 2.14. The molecule has 0 bridgehead atoms. The van der Waals surface area contributed by atoms with Crippen LogP contribution in [0.3, 0.4) is 0 Å². The zero-order valence-corrected chi connectivity index (χ0v) is 4.35. The van der Waals surface area contributed by atoms with Gasteiger partial charge in [0.15, 0.2) is 0 Å². The van der Waals surface area contributed by atoms with Crippen molar-refractivity contribution in [3.63, 3.8) is 0 Å². The normalized spacial score (nSPS) is 8.57. The van der Waals surface area contributed by atoms with Crippen LogP contribution in [0.25, 0.3) is 0 Å². The lowest BCUT2D eigenvalue weighted by Gasteiger charge is -1.77. The Balaban J connectivity index is 2.96. The molecule has 0 atom stereocenters. The summed E-state index contributed by atoms with van der Waals surface area (Å²) in [4.78, 5) is 3.73. The molecular formula is C4H3N2S. The summed E-state index contributed by atoms with van der Waals surface area (Å²) < 4.78 is 1.58. The summed E-state index contributed by atoms with van der Waals surface area (Å²) in [6, 6.07) is 0. The number of thiocarbonyl (C=S) groups is 1. The van der Waals surface area contributed by atoms with Crippen LogP contribution in [0, 0.1) is 0 Å². The molecule has 0 unspecified atom stereocenters. The Labute approximate surface area is 46.8 Å². The molecule has 1 heterocycles. The van der Waals surface area contributed by atoms with Crippen LogP contribution in [0.1, 0.15) is 0 Å². The third kappa shape index (κ3) is 0.838. The molecule has 0 aliphatic heterocycles. The van der Waals surface area contributed by atoms with Gasteiger partial charge in [0.25, 0.3) is 0 Å². The maximum absolute atomic E-state index is 4.45. The van der Waals surface area contributed by atoms with E-state index in [-0.39, 0.29) is 0 Å². The number of hydrogen-bond donors (Lipinski definition) is 0. The third-order valence-electron chi connectivity index (χ3n) is 0.610. The van der Waals surface area contributed by atoms with Crippen LogP contribution < -0.4 is 0 Å². The first-order chi connectivity index (χ1) is 3.43. The van der Waals surface area contributed by atoms with Crippen molar-refractivity contribution in [1.29, 1.82) is 0 Å². The first kappa shape index (κ1) is 4.46. The zero-order chi connectivity index (χ0) is 5.11. The summed E-state index contributed by atoms with van der Waals surface area (Å²) in [6.45, 7) is 0. The molecule has 0 N–H and O–H groups in total. The largest absolute Gasteiger partial charge is 0.294 e. The minimum absolute atomic E-state index is 1.58. The molecule has 1 radical (unpaired) electrons. The van der Waals surface area contributed by atoms with E-state index >= 15 is 0 Å². The predicted octanol–water partition coefficient (Wildman–Crippen LogP) is 0.565. The summed E-state index contributed by atoms with van der Waals surface area (Å²) in [5.41, 5.74) is 2.44. The predicted molar refractivity (Wildman–Crippen MR) is 30.2 cm³/mol. The molecule has 7 heavy (non-hydrogen) atoms. The Kier molecular flexibility index (Phi) is 1.17. The van der Waals surface area contributed by atoms with Gasteiger partial charge in [-0.15, -0.1) is 0 Å². The van der Waals surface area contributed by atoms with Crippen LogP contribution in [0.4, 0.5) is 0 Å². The first-order valence-electron chi connectivity index (χ1n) is 1.79. The van der Waals surface area contributed by atoms with Crippen molar-refractivity contribution in [3.05, 3.63) is 18.7 Å². The van der Waals surface area contributed by atoms with Crippen LogP contribution in [-0.4, -0.2) is 15.0 Å². The minimum atomic E-state index is 1.58. The van der Waals surface area contributed by atoms with E-state index in [0.717, 1.165) is 0 Å². The highest BCUT2D eigenvalue weighted by Gasteiger charge is 1.75. The van der Waals surface area contributed by atoms with E-state index in [1.165, 1.54) is 0 Å². The van der Waals surface area contributed by atoms with Gasteiger partial charge in [-0.2, -0.15) is 0 Å². The molecule has 0 amide bonds. The van der Waals surface area contributed by atoms with Crippen molar-refractivity contribution in [2.24, 2.45) is 0 Å². The van der Waals surface area contributed by atoms with E-state index in [0.29, 0.717) is 0 Å². The van der Waals surface area contributed by atoms with E-state index in [1.54, 1.807) is 23.3 Å². The molecular weight excluding hydrogens is 108 g/mol. The van der Waals surface area contributed by atoms with Gasteiger partial charge in [-0.05, 0) is 0 Å². The molecule has 35 valence electrons. The van der Waals surface area contributed by atoms with E-state index in [9.17, 15) is 0 Å². The Morgan fingerprint density at radius 1 is 1.71 bits per heavy atom. The van der Waals surface area contributed by atoms with Crippen LogP contribution >= 0.6 is 12.2 Å². The highest BCUT2D eigenvalue weighted by atomic mass is 32.1. The number of imidazole rings is 1. The van der Waals surface area contributed by atoms with Gasteiger partial charge in [0.05, 0.1) is 6.33 Å². The third-order valence-corrected chi connectivity index (χ3v) is 0.821. The Bertz CT molecular complexity index is 145. The molecule has 0 saturated carbocycles. The molecule has 0 aliphatic rings. The lowest BCUT2D eigenvalue weighted by Crippen LogP contribution is -1.83. The summed E-state index contributed by atoms with van der Waals surface area (Å²) in [7, 11) is 0. The number of rotatable bonds is 1. The summed E-state index contributed by atoms with van der Waals surface area (Å²) >= 11 is 4.45. The van der Waals surface area contributed by atoms with Gasteiger partial charge in [0, 0.05) is 12.4 Å². The van der Waals surface area contributed by atoms with Crippen LogP contribution in [0.15, 0.2) is 18.7 Å². The maximum atomic E-state index is 4.45. The van der Waals surface area contributed by atoms with Crippen LogP contribution in [0.5, 0.6) is 0 Å². The summed E-state index contributed by atoms with van der Waals surface area (Å²) in [5.74, 6) is 0. The van der Waals surface area contributed by atoms with Crippen molar-refractivity contribution in [3.8, 4) is 0 Å². The van der Waals surface area contributed by atoms with Crippen molar-refractivity contribution >= 4 is 17.7 Å². The maximum Gasteiger partial charge on any atom is 0.146 e. The Morgan fingerprint density at radius 2 is 2.57 bits per heavy atom. The Morgan fingerprint density at radius 3 is 2.86 bits per heavy atom. The molecule has 1 rings (SSSR count). The molecule has 0 aliphatic carbocycles. The molecule has 2 nitrogen and oxygen atoms in total. The van der Waals surface area contributed by atoms with Gasteiger partial charge >= 0.3 is 0 Å². The lowest BCUT2D eigenvalue weighted by atomic mass is 10.9. The second-order valence-corrected chi connectivity index (χ2v) is 1.24. The lowest BCUT2D eigenvalue weighted by molar-refractivity contribution is 1.18. The van der Waals surface area contributed by atoms with E-state index in [1.807, 2.05) is 0 Å². The van der Waals surface area contributed by atoms with E-state index in [2.05, 4.69) is 22.7 Å². The number of hydrogen-bond acceptors (Lipinski definition) is 2. The van der Waals surface area contributed by atoms with Crippen molar-refractivity contribution in [1.82, 2.24) is 9.55 Å². The quantitative estimate of drug-likeness (QED) is 0.493. The van der Waals surface area contributed by atoms with E-state index < -0.39 is 0 Å². The van der Waals surface area contributed by atoms with Gasteiger partial charge in [-0.3, -0.25) is 4.57 Å². The first-order valence-corrected chi connectivity index (χ1v) is 2.20. The monoisotopic (exact) mass is 111 g/mol. The molecule has 1 aromatic rings. The zero-order valence-electron chi connectivity index (χ0n) is 3.53. The standard InChI is InChI=1S/C4H3N2S/c7-4-6-2-1-5-3-6/h1-3H. The minimum Gasteiger partial charge on any atom is -0.294 e. The topological polar surface area (TPSA) is 17.8 Å². The second kappa shape index (κ2) is 1.84. The smallest absolute Gasteiger partial charge is 0.146 e. The highest BCUT2D eigenvalue weighted by Crippen LogP contribution is 1.76. The van der Waals surface area contributed by atoms with Crippen LogP contribution in [-0.2, 0) is 0 Å². The molecule has 3 heteroatoms. The summed E-state index contributed by atoms with van der Waals surface area (Å²) in [6.07, 6.45) is 4.97. The van der Waals surface area contributed by atoms with Crippen LogP contribution in [0.2, 0.25) is 0 Å². The molecule has 0 fully saturated rings. The fraction of sp³-hybridized carbons (Fsp3) is 0. The average molecular weight is 111 g/mol. The van der Waals surface area contributed by atoms with Gasteiger partial charge in [0.2, 0.25) is 0 Å².